The van der Waals surface area contributed by atoms with E-state index in [1.807, 2.05) is 30.3 Å². The lowest BCUT2D eigenvalue weighted by Gasteiger charge is -2.14. The molecule has 0 radical (unpaired) electrons. The Morgan fingerprint density at radius 2 is 1.73 bits per heavy atom. The predicted octanol–water partition coefficient (Wildman–Crippen LogP) is 2.10. The van der Waals surface area contributed by atoms with Crippen LogP contribution >= 0.6 is 0 Å². The van der Waals surface area contributed by atoms with E-state index in [1.165, 1.54) is 12.4 Å². The van der Waals surface area contributed by atoms with Crippen molar-refractivity contribution < 1.29 is 9.59 Å². The number of hydrogen-bond acceptors (Lipinski definition) is 4. The fraction of sp³-hybridized carbons (Fsp3) is 0.0588. The standard InChI is InChI=1S/C17H11N3O2/c21-16-12-7-4-8-18-14(12)17(22)15-13(16)9-19-20(15)10-11-5-2-1-3-6-11/h1-9H,10H2. The molecule has 0 atom stereocenters. The molecule has 5 heteroatoms. The van der Waals surface area contributed by atoms with Gasteiger partial charge in [0.2, 0.25) is 5.78 Å². The van der Waals surface area contributed by atoms with Crippen molar-refractivity contribution in [1.82, 2.24) is 14.8 Å². The number of carbonyl (C=O) groups is 2. The van der Waals surface area contributed by atoms with Crippen molar-refractivity contribution in [3.63, 3.8) is 0 Å². The molecule has 22 heavy (non-hydrogen) atoms. The number of hydrogen-bond donors (Lipinski definition) is 0. The molecule has 1 aliphatic carbocycles. The minimum atomic E-state index is -0.251. The molecule has 0 saturated heterocycles. The van der Waals surface area contributed by atoms with E-state index in [4.69, 9.17) is 0 Å². The number of ketones is 2. The van der Waals surface area contributed by atoms with Crippen molar-refractivity contribution in [1.29, 1.82) is 0 Å². The molecule has 1 aromatic carbocycles. The van der Waals surface area contributed by atoms with E-state index in [0.717, 1.165) is 5.56 Å². The van der Waals surface area contributed by atoms with Crippen LogP contribution in [-0.4, -0.2) is 26.3 Å². The van der Waals surface area contributed by atoms with Crippen molar-refractivity contribution in [2.24, 2.45) is 0 Å². The molecule has 0 fully saturated rings. The number of rotatable bonds is 2. The molecule has 106 valence electrons. The molecule has 2 heterocycles. The second-order valence-corrected chi connectivity index (χ2v) is 5.11. The quantitative estimate of drug-likeness (QED) is 0.567. The van der Waals surface area contributed by atoms with Crippen LogP contribution in [0.3, 0.4) is 0 Å². The van der Waals surface area contributed by atoms with E-state index in [1.54, 1.807) is 16.8 Å². The minimum Gasteiger partial charge on any atom is -0.288 e. The Bertz CT molecular complexity index is 897. The Labute approximate surface area is 126 Å². The molecule has 0 aliphatic heterocycles. The zero-order chi connectivity index (χ0) is 15.1. The first-order valence-corrected chi connectivity index (χ1v) is 6.90. The fourth-order valence-electron chi connectivity index (χ4n) is 2.69. The maximum absolute atomic E-state index is 12.7. The maximum Gasteiger partial charge on any atom is 0.230 e. The summed E-state index contributed by atoms with van der Waals surface area (Å²) >= 11 is 0. The van der Waals surface area contributed by atoms with Crippen LogP contribution in [0.4, 0.5) is 0 Å². The first-order chi connectivity index (χ1) is 10.8. The fourth-order valence-corrected chi connectivity index (χ4v) is 2.69. The highest BCUT2D eigenvalue weighted by Crippen LogP contribution is 2.26. The van der Waals surface area contributed by atoms with Crippen LogP contribution in [0, 0.1) is 0 Å². The van der Waals surface area contributed by atoms with Gasteiger partial charge in [0.15, 0.2) is 5.78 Å². The number of fused-ring (bicyclic) bond motifs is 2. The van der Waals surface area contributed by atoms with E-state index in [2.05, 4.69) is 10.1 Å². The average molecular weight is 289 g/mol. The van der Waals surface area contributed by atoms with Crippen molar-refractivity contribution >= 4 is 11.6 Å². The van der Waals surface area contributed by atoms with Crippen molar-refractivity contribution in [3.8, 4) is 0 Å². The number of nitrogens with zero attached hydrogens (tertiary/aromatic N) is 3. The summed E-state index contributed by atoms with van der Waals surface area (Å²) in [6.45, 7) is 0.442. The third-order valence-corrected chi connectivity index (χ3v) is 3.74. The molecule has 0 N–H and O–H groups in total. The van der Waals surface area contributed by atoms with Gasteiger partial charge >= 0.3 is 0 Å². The normalized spacial score (nSPS) is 12.9. The second-order valence-electron chi connectivity index (χ2n) is 5.11. The monoisotopic (exact) mass is 289 g/mol. The van der Waals surface area contributed by atoms with Crippen LogP contribution in [0.15, 0.2) is 54.9 Å². The molecular formula is C17H11N3O2. The summed E-state index contributed by atoms with van der Waals surface area (Å²) in [6.07, 6.45) is 2.99. The van der Waals surface area contributed by atoms with Gasteiger partial charge in [-0.15, -0.1) is 0 Å². The maximum atomic E-state index is 12.7. The van der Waals surface area contributed by atoms with Gasteiger partial charge in [-0.05, 0) is 17.7 Å². The van der Waals surface area contributed by atoms with Crippen LogP contribution in [0.1, 0.15) is 37.7 Å². The van der Waals surface area contributed by atoms with Crippen LogP contribution < -0.4 is 0 Å². The number of carbonyl (C=O) groups excluding carboxylic acids is 2. The summed E-state index contributed by atoms with van der Waals surface area (Å²) in [5.41, 5.74) is 2.23. The molecular weight excluding hydrogens is 278 g/mol. The first kappa shape index (κ1) is 12.6. The summed E-state index contributed by atoms with van der Waals surface area (Å²) in [4.78, 5) is 29.2. The van der Waals surface area contributed by atoms with Gasteiger partial charge in [0.25, 0.3) is 0 Å². The van der Waals surface area contributed by atoms with Gasteiger partial charge < -0.3 is 0 Å². The molecule has 0 saturated carbocycles. The molecule has 2 aromatic heterocycles. The lowest BCUT2D eigenvalue weighted by molar-refractivity contribution is 0.0969. The van der Waals surface area contributed by atoms with E-state index in [0.29, 0.717) is 23.4 Å². The zero-order valence-electron chi connectivity index (χ0n) is 11.6. The molecule has 4 rings (SSSR count). The highest BCUT2D eigenvalue weighted by atomic mass is 16.1. The zero-order valence-corrected chi connectivity index (χ0v) is 11.6. The van der Waals surface area contributed by atoms with E-state index in [9.17, 15) is 9.59 Å². The van der Waals surface area contributed by atoms with Crippen molar-refractivity contribution in [2.45, 2.75) is 6.54 Å². The first-order valence-electron chi connectivity index (χ1n) is 6.90. The van der Waals surface area contributed by atoms with Gasteiger partial charge in [0.05, 0.1) is 23.9 Å². The van der Waals surface area contributed by atoms with Crippen LogP contribution in [0.2, 0.25) is 0 Å². The Morgan fingerprint density at radius 1 is 0.909 bits per heavy atom. The summed E-state index contributed by atoms with van der Waals surface area (Å²) < 4.78 is 1.57. The Hall–Kier alpha value is -3.08. The Kier molecular flexibility index (Phi) is 2.72. The second kappa shape index (κ2) is 4.73. The molecule has 0 unspecified atom stereocenters. The Balaban J connectivity index is 1.82. The number of pyridine rings is 1. The smallest absolute Gasteiger partial charge is 0.230 e. The van der Waals surface area contributed by atoms with Crippen molar-refractivity contribution in [2.75, 3.05) is 0 Å². The van der Waals surface area contributed by atoms with Crippen LogP contribution in [-0.2, 0) is 6.54 Å². The van der Waals surface area contributed by atoms with Crippen LogP contribution in [0.5, 0.6) is 0 Å². The summed E-state index contributed by atoms with van der Waals surface area (Å²) in [6, 6.07) is 13.0. The van der Waals surface area contributed by atoms with Gasteiger partial charge in [-0.2, -0.15) is 5.10 Å². The lowest BCUT2D eigenvalue weighted by Crippen LogP contribution is -2.24. The van der Waals surface area contributed by atoms with Crippen molar-refractivity contribution in [3.05, 3.63) is 82.9 Å². The summed E-state index contributed by atoms with van der Waals surface area (Å²) in [5.74, 6) is -0.448. The molecule has 3 aromatic rings. The molecule has 0 spiro atoms. The Morgan fingerprint density at radius 3 is 2.55 bits per heavy atom. The summed E-state index contributed by atoms with van der Waals surface area (Å²) in [7, 11) is 0. The van der Waals surface area contributed by atoms with E-state index < -0.39 is 0 Å². The highest BCUT2D eigenvalue weighted by molar-refractivity contribution is 6.26. The molecule has 0 amide bonds. The molecule has 1 aliphatic rings. The highest BCUT2D eigenvalue weighted by Gasteiger charge is 2.34. The van der Waals surface area contributed by atoms with E-state index >= 15 is 0 Å². The average Bonchev–Trinajstić information content (AvgIpc) is 2.98. The van der Waals surface area contributed by atoms with Gasteiger partial charge in [-0.1, -0.05) is 30.3 Å². The SMILES string of the molecule is O=C1c2cccnc2C(=O)c2c1cnn2Cc1ccccc1. The van der Waals surface area contributed by atoms with Gasteiger partial charge in [-0.25, -0.2) is 0 Å². The van der Waals surface area contributed by atoms with Gasteiger partial charge in [0.1, 0.15) is 11.4 Å². The van der Waals surface area contributed by atoms with Gasteiger partial charge in [-0.3, -0.25) is 19.3 Å². The lowest BCUT2D eigenvalue weighted by atomic mass is 9.92. The van der Waals surface area contributed by atoms with Gasteiger partial charge in [0, 0.05) is 6.20 Å². The summed E-state index contributed by atoms with van der Waals surface area (Å²) in [5, 5.41) is 4.22. The molecule has 5 nitrogen and oxygen atoms in total. The number of benzene rings is 1. The third kappa shape index (κ3) is 1.79. The predicted molar refractivity (Wildman–Crippen MR) is 78.9 cm³/mol. The van der Waals surface area contributed by atoms with E-state index in [-0.39, 0.29) is 17.3 Å². The molecule has 0 bridgehead atoms. The number of aromatic nitrogens is 3. The largest absolute Gasteiger partial charge is 0.288 e. The third-order valence-electron chi connectivity index (χ3n) is 3.74. The topological polar surface area (TPSA) is 64.8 Å². The minimum absolute atomic E-state index is 0.197. The van der Waals surface area contributed by atoms with Crippen LogP contribution in [0.25, 0.3) is 0 Å².